The highest BCUT2D eigenvalue weighted by atomic mass is 79.9. The molecular weight excluding hydrogens is 480 g/mol. The lowest BCUT2D eigenvalue weighted by Gasteiger charge is -1.97. The standard InChI is InChI=1S/C18H16N5S.C3H3NS.BrH/c1-13-14(2)24-18(19-13)23-21-17(15-9-5-3-6-10-15)20-22(23)16-11-7-4-8-12-16;1-2-5-3-4-1;/h3-12H,1-2H3;1-3H;1H/q+1;;/p-1. The van der Waals surface area contributed by atoms with Crippen molar-refractivity contribution in [2.45, 2.75) is 13.8 Å². The van der Waals surface area contributed by atoms with Gasteiger partial charge in [-0.05, 0) is 52.8 Å². The molecule has 0 aliphatic rings. The first kappa shape index (κ1) is 21.9. The number of halogens is 1. The van der Waals surface area contributed by atoms with Crippen LogP contribution in [0.4, 0.5) is 0 Å². The Labute approximate surface area is 193 Å². The maximum atomic E-state index is 4.70. The Morgan fingerprint density at radius 3 is 2.17 bits per heavy atom. The largest absolute Gasteiger partial charge is 1.00 e. The molecule has 5 rings (SSSR count). The van der Waals surface area contributed by atoms with Gasteiger partial charge in [-0.3, -0.25) is 4.98 Å². The lowest BCUT2D eigenvalue weighted by atomic mass is 10.2. The first-order valence-corrected chi connectivity index (χ1v) is 10.8. The van der Waals surface area contributed by atoms with Crippen molar-refractivity contribution >= 4 is 22.7 Å². The molecule has 30 heavy (non-hydrogen) atoms. The Morgan fingerprint density at radius 2 is 1.63 bits per heavy atom. The van der Waals surface area contributed by atoms with Crippen LogP contribution in [0, 0.1) is 13.8 Å². The van der Waals surface area contributed by atoms with E-state index in [0.29, 0.717) is 5.82 Å². The van der Waals surface area contributed by atoms with E-state index in [-0.39, 0.29) is 17.0 Å². The zero-order valence-corrected chi connectivity index (χ0v) is 19.6. The molecular formula is C21H19BrN6S2. The SMILES string of the molecule is Cc1nc(-[n+]2nc(-c3ccccc3)nn2-c2ccccc2)sc1C.[Br-].c1cscn1. The molecule has 6 nitrogen and oxygen atoms in total. The molecule has 0 radical (unpaired) electrons. The number of aromatic nitrogens is 6. The topological polar surface area (TPSA) is 60.4 Å². The molecule has 0 bridgehead atoms. The van der Waals surface area contributed by atoms with Crippen molar-refractivity contribution < 1.29 is 21.8 Å². The highest BCUT2D eigenvalue weighted by Crippen LogP contribution is 2.18. The predicted molar refractivity (Wildman–Crippen MR) is 116 cm³/mol. The van der Waals surface area contributed by atoms with E-state index < -0.39 is 0 Å². The van der Waals surface area contributed by atoms with Gasteiger partial charge in [0.15, 0.2) is 0 Å². The summed E-state index contributed by atoms with van der Waals surface area (Å²) in [6.45, 7) is 4.08. The molecule has 3 heterocycles. The molecule has 152 valence electrons. The van der Waals surface area contributed by atoms with Gasteiger partial charge in [-0.25, -0.2) is 0 Å². The van der Waals surface area contributed by atoms with E-state index in [1.54, 1.807) is 44.0 Å². The number of nitrogens with zero attached hydrogens (tertiary/aromatic N) is 6. The van der Waals surface area contributed by atoms with Crippen LogP contribution in [-0.4, -0.2) is 25.0 Å². The predicted octanol–water partition coefficient (Wildman–Crippen LogP) is 1.43. The number of hydrogen-bond acceptors (Lipinski definition) is 6. The third kappa shape index (κ3) is 5.05. The van der Waals surface area contributed by atoms with Gasteiger partial charge in [0.2, 0.25) is 0 Å². The van der Waals surface area contributed by atoms with Crippen LogP contribution in [0.5, 0.6) is 0 Å². The van der Waals surface area contributed by atoms with Gasteiger partial charge in [0.25, 0.3) is 5.82 Å². The van der Waals surface area contributed by atoms with E-state index in [9.17, 15) is 0 Å². The normalized spacial score (nSPS) is 10.1. The minimum Gasteiger partial charge on any atom is -1.00 e. The fourth-order valence-electron chi connectivity index (χ4n) is 2.56. The van der Waals surface area contributed by atoms with Gasteiger partial charge < -0.3 is 17.0 Å². The maximum absolute atomic E-state index is 4.70. The molecule has 0 aliphatic carbocycles. The number of tetrazole rings is 1. The number of benzene rings is 2. The zero-order chi connectivity index (χ0) is 20.1. The van der Waals surface area contributed by atoms with Crippen LogP contribution < -0.4 is 21.8 Å². The van der Waals surface area contributed by atoms with Crippen molar-refractivity contribution in [3.05, 3.63) is 88.3 Å². The lowest BCUT2D eigenvalue weighted by molar-refractivity contribution is -0.734. The molecule has 0 N–H and O–H groups in total. The summed E-state index contributed by atoms with van der Waals surface area (Å²) in [5, 5.41) is 12.1. The van der Waals surface area contributed by atoms with Gasteiger partial charge in [0.05, 0.1) is 5.51 Å². The second-order valence-corrected chi connectivity index (χ2v) is 8.05. The van der Waals surface area contributed by atoms with Crippen molar-refractivity contribution in [3.8, 4) is 22.2 Å². The fourth-order valence-corrected chi connectivity index (χ4v) is 3.76. The molecule has 0 spiro atoms. The quantitative estimate of drug-likeness (QED) is 0.353. The molecule has 2 aromatic carbocycles. The zero-order valence-electron chi connectivity index (χ0n) is 16.4. The number of hydrogen-bond donors (Lipinski definition) is 0. The van der Waals surface area contributed by atoms with Crippen molar-refractivity contribution in [1.29, 1.82) is 0 Å². The molecule has 0 unspecified atom stereocenters. The molecule has 0 atom stereocenters. The maximum Gasteiger partial charge on any atom is 0.364 e. The Bertz CT molecular complexity index is 1130. The molecule has 0 saturated heterocycles. The molecule has 0 fully saturated rings. The molecule has 0 saturated carbocycles. The van der Waals surface area contributed by atoms with Crippen LogP contribution in [0.15, 0.2) is 77.8 Å². The number of para-hydroxylation sites is 1. The van der Waals surface area contributed by atoms with Crippen LogP contribution in [0.3, 0.4) is 0 Å². The van der Waals surface area contributed by atoms with Gasteiger partial charge >= 0.3 is 5.13 Å². The summed E-state index contributed by atoms with van der Waals surface area (Å²) in [7, 11) is 0. The summed E-state index contributed by atoms with van der Waals surface area (Å²) in [4.78, 5) is 13.1. The molecule has 5 aromatic rings. The monoisotopic (exact) mass is 498 g/mol. The van der Waals surface area contributed by atoms with E-state index in [1.807, 2.05) is 73.0 Å². The van der Waals surface area contributed by atoms with Crippen LogP contribution in [-0.2, 0) is 0 Å². The Kier molecular flexibility index (Phi) is 7.56. The second-order valence-electron chi connectivity index (χ2n) is 6.12. The molecule has 3 aromatic heterocycles. The highest BCUT2D eigenvalue weighted by Gasteiger charge is 2.24. The van der Waals surface area contributed by atoms with E-state index in [4.69, 9.17) is 10.2 Å². The van der Waals surface area contributed by atoms with Crippen molar-refractivity contribution in [2.24, 2.45) is 0 Å². The highest BCUT2D eigenvalue weighted by molar-refractivity contribution is 7.13. The minimum absolute atomic E-state index is 0. The second kappa shape index (κ2) is 10.3. The first-order chi connectivity index (χ1) is 14.2. The van der Waals surface area contributed by atoms with Crippen LogP contribution in [0.25, 0.3) is 22.2 Å². The van der Waals surface area contributed by atoms with E-state index >= 15 is 0 Å². The summed E-state index contributed by atoms with van der Waals surface area (Å²) in [6, 6.07) is 20.0. The van der Waals surface area contributed by atoms with Crippen LogP contribution in [0.1, 0.15) is 10.6 Å². The van der Waals surface area contributed by atoms with E-state index in [1.165, 1.54) is 4.88 Å². The van der Waals surface area contributed by atoms with Gasteiger partial charge in [-0.1, -0.05) is 52.7 Å². The molecule has 9 heteroatoms. The summed E-state index contributed by atoms with van der Waals surface area (Å²) < 4.78 is 0. The average Bonchev–Trinajstić information content (AvgIpc) is 3.52. The average molecular weight is 499 g/mol. The van der Waals surface area contributed by atoms with Gasteiger partial charge in [-0.15, -0.1) is 11.3 Å². The van der Waals surface area contributed by atoms with E-state index in [2.05, 4.69) is 16.9 Å². The van der Waals surface area contributed by atoms with Gasteiger partial charge in [-0.2, -0.15) is 0 Å². The Hall–Kier alpha value is -2.75. The molecule has 0 aliphatic heterocycles. The minimum atomic E-state index is 0. The van der Waals surface area contributed by atoms with Gasteiger partial charge in [0.1, 0.15) is 11.4 Å². The Morgan fingerprint density at radius 1 is 0.933 bits per heavy atom. The summed E-state index contributed by atoms with van der Waals surface area (Å²) >= 11 is 3.22. The van der Waals surface area contributed by atoms with Gasteiger partial charge in [0, 0.05) is 27.1 Å². The summed E-state index contributed by atoms with van der Waals surface area (Å²) in [5.41, 5.74) is 4.73. The van der Waals surface area contributed by atoms with Crippen LogP contribution >= 0.6 is 22.7 Å². The first-order valence-electron chi connectivity index (χ1n) is 8.99. The third-order valence-electron chi connectivity index (χ3n) is 4.11. The summed E-state index contributed by atoms with van der Waals surface area (Å²) in [5.74, 6) is 0.671. The fraction of sp³-hybridized carbons (Fsp3) is 0.0952. The van der Waals surface area contributed by atoms with Crippen molar-refractivity contribution in [1.82, 2.24) is 25.0 Å². The lowest BCUT2D eigenvalue weighted by Crippen LogP contribution is -3.00. The third-order valence-corrected chi connectivity index (χ3v) is 5.67. The molecule has 0 amide bonds. The van der Waals surface area contributed by atoms with E-state index in [0.717, 1.165) is 22.1 Å². The Balaban J connectivity index is 0.000000376. The van der Waals surface area contributed by atoms with Crippen molar-refractivity contribution in [3.63, 3.8) is 0 Å². The number of thiazole rings is 2. The van der Waals surface area contributed by atoms with Crippen LogP contribution in [0.2, 0.25) is 0 Å². The summed E-state index contributed by atoms with van der Waals surface area (Å²) in [6.07, 6.45) is 1.77. The smallest absolute Gasteiger partial charge is 0.364 e. The van der Waals surface area contributed by atoms with Crippen molar-refractivity contribution in [2.75, 3.05) is 0 Å². The number of rotatable bonds is 3. The number of aryl methyl sites for hydroxylation is 2.